The summed E-state index contributed by atoms with van der Waals surface area (Å²) in [5, 5.41) is 9.46. The van der Waals surface area contributed by atoms with Gasteiger partial charge >= 0.3 is 5.69 Å². The van der Waals surface area contributed by atoms with E-state index in [4.69, 9.17) is 10.5 Å². The fourth-order valence-corrected chi connectivity index (χ4v) is 1.58. The second-order valence-electron chi connectivity index (χ2n) is 3.79. The Morgan fingerprint density at radius 2 is 2.44 bits per heavy atom. The molecule has 1 aliphatic rings. The largest absolute Gasteiger partial charge is 0.472 e. The lowest BCUT2D eigenvalue weighted by atomic mass is 10.2. The van der Waals surface area contributed by atoms with Gasteiger partial charge in [-0.15, -0.1) is 0 Å². The number of anilines is 1. The van der Waals surface area contributed by atoms with E-state index < -0.39 is 18.0 Å². The zero-order valence-corrected chi connectivity index (χ0v) is 8.88. The number of aliphatic hydroxyl groups is 1. The molecule has 0 saturated carbocycles. The fraction of sp³-hybridized carbons (Fsp3) is 0.400. The first kappa shape index (κ1) is 10.7. The molecule has 0 spiro atoms. The Bertz CT molecular complexity index is 495. The highest BCUT2D eigenvalue weighted by molar-refractivity contribution is 5.35. The minimum atomic E-state index is -0.741. The van der Waals surface area contributed by atoms with Crippen LogP contribution in [0.15, 0.2) is 23.3 Å². The van der Waals surface area contributed by atoms with Gasteiger partial charge in [-0.2, -0.15) is 4.98 Å². The minimum absolute atomic E-state index is 0.207. The highest BCUT2D eigenvalue weighted by Gasteiger charge is 2.30. The normalized spacial score (nSPS) is 24.5. The summed E-state index contributed by atoms with van der Waals surface area (Å²) in [6.07, 6.45) is 0.571. The van der Waals surface area contributed by atoms with Gasteiger partial charge in [0.15, 0.2) is 6.23 Å². The summed E-state index contributed by atoms with van der Waals surface area (Å²) in [6.45, 7) is 5.30. The summed E-state index contributed by atoms with van der Waals surface area (Å²) < 4.78 is 6.59. The topological polar surface area (TPSA) is 90.4 Å². The SMILES string of the molecule is C=C1O[C@@H](n2cc(C)c(N)nc2=O)C[C@H]1O. The molecule has 0 amide bonds. The number of aryl methyl sites for hydroxylation is 1. The fourth-order valence-electron chi connectivity index (χ4n) is 1.58. The van der Waals surface area contributed by atoms with Crippen LogP contribution in [0.3, 0.4) is 0 Å². The van der Waals surface area contributed by atoms with Crippen LogP contribution < -0.4 is 11.4 Å². The Morgan fingerprint density at radius 1 is 1.75 bits per heavy atom. The van der Waals surface area contributed by atoms with Crippen LogP contribution in [0, 0.1) is 6.92 Å². The second-order valence-corrected chi connectivity index (χ2v) is 3.79. The Balaban J connectivity index is 2.39. The van der Waals surface area contributed by atoms with Crippen molar-refractivity contribution in [2.45, 2.75) is 25.7 Å². The number of nitrogen functional groups attached to an aromatic ring is 1. The van der Waals surface area contributed by atoms with E-state index >= 15 is 0 Å². The third-order valence-electron chi connectivity index (χ3n) is 2.57. The third kappa shape index (κ3) is 1.67. The van der Waals surface area contributed by atoms with Crippen molar-refractivity contribution in [3.8, 4) is 0 Å². The molecular weight excluding hydrogens is 210 g/mol. The van der Waals surface area contributed by atoms with Crippen LogP contribution in [0.2, 0.25) is 0 Å². The Kier molecular flexibility index (Phi) is 2.43. The van der Waals surface area contributed by atoms with Gasteiger partial charge < -0.3 is 15.6 Å². The molecule has 86 valence electrons. The molecule has 0 bridgehead atoms. The van der Waals surface area contributed by atoms with Crippen molar-refractivity contribution in [2.24, 2.45) is 0 Å². The quantitative estimate of drug-likeness (QED) is 0.695. The van der Waals surface area contributed by atoms with E-state index in [0.29, 0.717) is 12.0 Å². The molecule has 0 radical (unpaired) electrons. The van der Waals surface area contributed by atoms with Crippen LogP contribution in [-0.4, -0.2) is 20.8 Å². The van der Waals surface area contributed by atoms with Crippen molar-refractivity contribution in [3.05, 3.63) is 34.6 Å². The molecule has 16 heavy (non-hydrogen) atoms. The van der Waals surface area contributed by atoms with Gasteiger partial charge in [-0.3, -0.25) is 4.57 Å². The van der Waals surface area contributed by atoms with Crippen molar-refractivity contribution in [1.82, 2.24) is 9.55 Å². The molecule has 2 rings (SSSR count). The molecule has 6 heteroatoms. The zero-order valence-electron chi connectivity index (χ0n) is 8.88. The van der Waals surface area contributed by atoms with E-state index in [1.54, 1.807) is 13.1 Å². The van der Waals surface area contributed by atoms with Crippen molar-refractivity contribution < 1.29 is 9.84 Å². The first-order valence-electron chi connectivity index (χ1n) is 4.88. The molecule has 6 nitrogen and oxygen atoms in total. The van der Waals surface area contributed by atoms with Crippen molar-refractivity contribution in [2.75, 3.05) is 5.73 Å². The number of aromatic nitrogens is 2. The van der Waals surface area contributed by atoms with Crippen LogP contribution in [0.4, 0.5) is 5.82 Å². The maximum absolute atomic E-state index is 11.6. The monoisotopic (exact) mass is 223 g/mol. The molecule has 2 heterocycles. The maximum Gasteiger partial charge on any atom is 0.352 e. The molecule has 1 fully saturated rings. The van der Waals surface area contributed by atoms with Crippen LogP contribution in [-0.2, 0) is 4.74 Å². The predicted molar refractivity (Wildman–Crippen MR) is 57.5 cm³/mol. The van der Waals surface area contributed by atoms with Crippen molar-refractivity contribution in [1.29, 1.82) is 0 Å². The average Bonchev–Trinajstić information content (AvgIpc) is 2.53. The number of hydrogen-bond donors (Lipinski definition) is 2. The molecule has 2 atom stereocenters. The van der Waals surface area contributed by atoms with Gasteiger partial charge in [-0.1, -0.05) is 6.58 Å². The van der Waals surface area contributed by atoms with Gasteiger partial charge in [0.1, 0.15) is 17.7 Å². The molecule has 0 aromatic carbocycles. The number of rotatable bonds is 1. The lowest BCUT2D eigenvalue weighted by molar-refractivity contribution is 0.0935. The van der Waals surface area contributed by atoms with E-state index in [0.717, 1.165) is 0 Å². The minimum Gasteiger partial charge on any atom is -0.472 e. The van der Waals surface area contributed by atoms with E-state index in [1.807, 2.05) is 0 Å². The molecule has 0 unspecified atom stereocenters. The molecule has 3 N–H and O–H groups in total. The molecule has 0 aliphatic carbocycles. The van der Waals surface area contributed by atoms with Crippen molar-refractivity contribution >= 4 is 5.82 Å². The maximum atomic E-state index is 11.6. The standard InChI is InChI=1S/C10H13N3O3/c1-5-4-13(10(15)12-9(5)11)8-3-7(14)6(2)16-8/h4,7-8,14H,2-3H2,1H3,(H2,11,12,15)/t7-,8-/m1/s1. The summed E-state index contributed by atoms with van der Waals surface area (Å²) in [6, 6.07) is 0. The van der Waals surface area contributed by atoms with Gasteiger partial charge in [-0.25, -0.2) is 4.79 Å². The molecule has 1 aliphatic heterocycles. The second kappa shape index (κ2) is 3.64. The van der Waals surface area contributed by atoms with Gasteiger partial charge in [0.25, 0.3) is 0 Å². The van der Waals surface area contributed by atoms with Crippen LogP contribution in [0.1, 0.15) is 18.2 Å². The van der Waals surface area contributed by atoms with E-state index in [9.17, 15) is 9.90 Å². The Hall–Kier alpha value is -1.82. The summed E-state index contributed by atoms with van der Waals surface area (Å²) >= 11 is 0. The van der Waals surface area contributed by atoms with Crippen LogP contribution >= 0.6 is 0 Å². The number of aliphatic hydroxyl groups excluding tert-OH is 1. The number of ether oxygens (including phenoxy) is 1. The molecule has 1 aromatic rings. The predicted octanol–water partition coefficient (Wildman–Crippen LogP) is -0.0726. The Morgan fingerprint density at radius 3 is 3.00 bits per heavy atom. The third-order valence-corrected chi connectivity index (χ3v) is 2.57. The number of nitrogens with two attached hydrogens (primary N) is 1. The van der Waals surface area contributed by atoms with Gasteiger partial charge in [0.2, 0.25) is 0 Å². The average molecular weight is 223 g/mol. The molecule has 1 saturated heterocycles. The van der Waals surface area contributed by atoms with Gasteiger partial charge in [0.05, 0.1) is 0 Å². The summed E-state index contributed by atoms with van der Waals surface area (Å²) in [7, 11) is 0. The van der Waals surface area contributed by atoms with Crippen LogP contribution in [0.25, 0.3) is 0 Å². The smallest absolute Gasteiger partial charge is 0.352 e. The summed E-state index contributed by atoms with van der Waals surface area (Å²) in [5.74, 6) is 0.477. The molecular formula is C10H13N3O3. The first-order chi connectivity index (χ1) is 7.49. The lowest BCUT2D eigenvalue weighted by Gasteiger charge is -2.13. The lowest BCUT2D eigenvalue weighted by Crippen LogP contribution is -2.28. The highest BCUT2D eigenvalue weighted by atomic mass is 16.5. The van der Waals surface area contributed by atoms with Crippen molar-refractivity contribution in [3.63, 3.8) is 0 Å². The highest BCUT2D eigenvalue weighted by Crippen LogP contribution is 2.29. The molecule has 1 aromatic heterocycles. The van der Waals surface area contributed by atoms with Gasteiger partial charge in [0, 0.05) is 18.2 Å². The zero-order chi connectivity index (χ0) is 11.9. The summed E-state index contributed by atoms with van der Waals surface area (Å²) in [4.78, 5) is 15.2. The van der Waals surface area contributed by atoms with E-state index in [2.05, 4.69) is 11.6 Å². The van der Waals surface area contributed by atoms with E-state index in [1.165, 1.54) is 4.57 Å². The Labute approximate surface area is 92.0 Å². The van der Waals surface area contributed by atoms with Gasteiger partial charge in [-0.05, 0) is 6.92 Å². The number of hydrogen-bond acceptors (Lipinski definition) is 5. The van der Waals surface area contributed by atoms with E-state index in [-0.39, 0.29) is 11.6 Å². The number of nitrogens with zero attached hydrogens (tertiary/aromatic N) is 2. The van der Waals surface area contributed by atoms with Crippen LogP contribution in [0.5, 0.6) is 0 Å². The first-order valence-corrected chi connectivity index (χ1v) is 4.88. The summed E-state index contributed by atoms with van der Waals surface area (Å²) in [5.41, 5.74) is 5.71.